The second-order valence-electron chi connectivity index (χ2n) is 7.39. The smallest absolute Gasteiger partial charge is 0.249 e. The highest BCUT2D eigenvalue weighted by Crippen LogP contribution is 2.34. The molecule has 1 aromatic heterocycles. The van der Waals surface area contributed by atoms with Crippen LogP contribution in [-0.2, 0) is 11.3 Å². The molecule has 7 heteroatoms. The molecule has 1 unspecified atom stereocenters. The van der Waals surface area contributed by atoms with Gasteiger partial charge in [-0.2, -0.15) is 4.98 Å². The van der Waals surface area contributed by atoms with E-state index in [9.17, 15) is 9.18 Å². The molecule has 30 heavy (non-hydrogen) atoms. The molecule has 1 aliphatic heterocycles. The summed E-state index contributed by atoms with van der Waals surface area (Å²) in [7, 11) is 0. The van der Waals surface area contributed by atoms with Crippen LogP contribution in [0.25, 0.3) is 11.4 Å². The average molecular weight is 409 g/mol. The van der Waals surface area contributed by atoms with E-state index in [1.807, 2.05) is 24.3 Å². The van der Waals surface area contributed by atoms with E-state index < -0.39 is 0 Å². The fourth-order valence-electron chi connectivity index (χ4n) is 3.50. The van der Waals surface area contributed by atoms with Crippen molar-refractivity contribution in [1.29, 1.82) is 0 Å². The van der Waals surface area contributed by atoms with Gasteiger partial charge < -0.3 is 14.2 Å². The normalized spacial score (nSPS) is 16.3. The molecule has 1 fully saturated rings. The number of hydrogen-bond donors (Lipinski definition) is 0. The lowest BCUT2D eigenvalue weighted by Gasteiger charge is -2.22. The Balaban J connectivity index is 1.47. The Kier molecular flexibility index (Phi) is 6.07. The third-order valence-electron chi connectivity index (χ3n) is 5.20. The molecule has 1 atom stereocenters. The minimum atomic E-state index is -0.300. The average Bonchev–Trinajstić information content (AvgIpc) is 3.38. The number of rotatable bonds is 8. The van der Waals surface area contributed by atoms with Crippen LogP contribution in [0.5, 0.6) is 5.75 Å². The van der Waals surface area contributed by atoms with Crippen molar-refractivity contribution in [3.05, 3.63) is 65.8 Å². The number of hydrogen-bond acceptors (Lipinski definition) is 5. The van der Waals surface area contributed by atoms with Gasteiger partial charge in [-0.3, -0.25) is 4.79 Å². The fourth-order valence-corrected chi connectivity index (χ4v) is 3.50. The minimum absolute atomic E-state index is 0.0256. The Labute approximate surface area is 174 Å². The van der Waals surface area contributed by atoms with Gasteiger partial charge in [-0.1, -0.05) is 30.6 Å². The first-order chi connectivity index (χ1) is 14.6. The van der Waals surface area contributed by atoms with Gasteiger partial charge in [0.25, 0.3) is 0 Å². The van der Waals surface area contributed by atoms with Crippen molar-refractivity contribution in [3.8, 4) is 17.1 Å². The number of aromatic nitrogens is 2. The summed E-state index contributed by atoms with van der Waals surface area (Å²) in [5.74, 6) is 1.43. The van der Waals surface area contributed by atoms with Crippen LogP contribution in [0, 0.1) is 5.82 Å². The van der Waals surface area contributed by atoms with E-state index in [1.54, 1.807) is 17.0 Å². The molecule has 1 aliphatic rings. The summed E-state index contributed by atoms with van der Waals surface area (Å²) in [5.41, 5.74) is 1.68. The summed E-state index contributed by atoms with van der Waals surface area (Å²) in [5, 5.41) is 4.10. The third kappa shape index (κ3) is 4.50. The topological polar surface area (TPSA) is 68.5 Å². The van der Waals surface area contributed by atoms with E-state index in [-0.39, 0.29) is 17.8 Å². The van der Waals surface area contributed by atoms with E-state index in [1.165, 1.54) is 12.1 Å². The van der Waals surface area contributed by atoms with Gasteiger partial charge in [-0.25, -0.2) is 4.39 Å². The second-order valence-corrected chi connectivity index (χ2v) is 7.39. The van der Waals surface area contributed by atoms with Crippen molar-refractivity contribution in [3.63, 3.8) is 0 Å². The number of halogens is 1. The monoisotopic (exact) mass is 409 g/mol. The van der Waals surface area contributed by atoms with Crippen LogP contribution in [-0.4, -0.2) is 27.6 Å². The van der Waals surface area contributed by atoms with Crippen LogP contribution < -0.4 is 4.74 Å². The van der Waals surface area contributed by atoms with Gasteiger partial charge in [0.05, 0.1) is 6.61 Å². The predicted octanol–water partition coefficient (Wildman–Crippen LogP) is 4.92. The zero-order chi connectivity index (χ0) is 20.9. The Morgan fingerprint density at radius 2 is 1.93 bits per heavy atom. The van der Waals surface area contributed by atoms with Crippen molar-refractivity contribution in [2.45, 2.75) is 45.2 Å². The van der Waals surface area contributed by atoms with Crippen molar-refractivity contribution >= 4 is 5.91 Å². The van der Waals surface area contributed by atoms with E-state index in [4.69, 9.17) is 9.26 Å². The summed E-state index contributed by atoms with van der Waals surface area (Å²) in [6.45, 7) is 3.20. The lowest BCUT2D eigenvalue weighted by Crippen LogP contribution is -2.27. The number of nitrogens with zero attached hydrogens (tertiary/aromatic N) is 3. The lowest BCUT2D eigenvalue weighted by molar-refractivity contribution is -0.129. The van der Waals surface area contributed by atoms with E-state index >= 15 is 0 Å². The number of unbranched alkanes of at least 4 members (excludes halogenated alkanes) is 1. The summed E-state index contributed by atoms with van der Waals surface area (Å²) in [6, 6.07) is 13.4. The molecule has 0 N–H and O–H groups in total. The number of likely N-dealkylation sites (tertiary alicyclic amines) is 1. The van der Waals surface area contributed by atoms with Crippen LogP contribution in [0.4, 0.5) is 4.39 Å². The van der Waals surface area contributed by atoms with Gasteiger partial charge in [0.15, 0.2) is 0 Å². The summed E-state index contributed by atoms with van der Waals surface area (Å²) < 4.78 is 24.3. The van der Waals surface area contributed by atoms with Crippen LogP contribution in [0.1, 0.15) is 50.1 Å². The highest BCUT2D eigenvalue weighted by molar-refractivity contribution is 5.78. The molecular formula is C23H24FN3O3. The SMILES string of the molecule is CCCCOc1ccc(-c2noc(C3CCC(=O)N3Cc3ccc(F)cc3)n2)cc1. The number of benzene rings is 2. The molecule has 4 rings (SSSR count). The van der Waals surface area contributed by atoms with Gasteiger partial charge in [0.1, 0.15) is 17.6 Å². The second kappa shape index (κ2) is 9.07. The quantitative estimate of drug-likeness (QED) is 0.494. The number of amides is 1. The molecule has 3 aromatic rings. The molecule has 0 aliphatic carbocycles. The van der Waals surface area contributed by atoms with E-state index in [0.29, 0.717) is 37.7 Å². The molecule has 0 radical (unpaired) electrons. The molecule has 0 bridgehead atoms. The predicted molar refractivity (Wildman–Crippen MR) is 109 cm³/mol. The maximum absolute atomic E-state index is 13.2. The van der Waals surface area contributed by atoms with Crippen molar-refractivity contribution < 1.29 is 18.4 Å². The molecule has 156 valence electrons. The Morgan fingerprint density at radius 3 is 2.67 bits per heavy atom. The van der Waals surface area contributed by atoms with Gasteiger partial charge in [0.2, 0.25) is 17.6 Å². The van der Waals surface area contributed by atoms with Gasteiger partial charge in [-0.15, -0.1) is 0 Å². The highest BCUT2D eigenvalue weighted by Gasteiger charge is 2.36. The molecular weight excluding hydrogens is 385 g/mol. The third-order valence-corrected chi connectivity index (χ3v) is 5.20. The first-order valence-corrected chi connectivity index (χ1v) is 10.2. The summed E-state index contributed by atoms with van der Waals surface area (Å²) >= 11 is 0. The number of carbonyl (C=O) groups is 1. The summed E-state index contributed by atoms with van der Waals surface area (Å²) in [6.07, 6.45) is 3.15. The maximum Gasteiger partial charge on any atom is 0.249 e. The van der Waals surface area contributed by atoms with Gasteiger partial charge in [-0.05, 0) is 54.8 Å². The Morgan fingerprint density at radius 1 is 1.17 bits per heavy atom. The number of ether oxygens (including phenoxy) is 1. The molecule has 1 amide bonds. The Bertz CT molecular complexity index is 986. The zero-order valence-electron chi connectivity index (χ0n) is 16.9. The van der Waals surface area contributed by atoms with Crippen LogP contribution in [0.15, 0.2) is 53.1 Å². The minimum Gasteiger partial charge on any atom is -0.494 e. The van der Waals surface area contributed by atoms with Crippen molar-refractivity contribution in [2.24, 2.45) is 0 Å². The zero-order valence-corrected chi connectivity index (χ0v) is 16.9. The van der Waals surface area contributed by atoms with Crippen molar-refractivity contribution in [2.75, 3.05) is 6.61 Å². The van der Waals surface area contributed by atoms with Gasteiger partial charge >= 0.3 is 0 Å². The maximum atomic E-state index is 13.2. The highest BCUT2D eigenvalue weighted by atomic mass is 19.1. The summed E-state index contributed by atoms with van der Waals surface area (Å²) in [4.78, 5) is 18.7. The van der Waals surface area contributed by atoms with Crippen LogP contribution >= 0.6 is 0 Å². The first-order valence-electron chi connectivity index (χ1n) is 10.2. The Hall–Kier alpha value is -3.22. The lowest BCUT2D eigenvalue weighted by atomic mass is 10.1. The van der Waals surface area contributed by atoms with Crippen molar-refractivity contribution in [1.82, 2.24) is 15.0 Å². The molecule has 0 saturated carbocycles. The molecule has 6 nitrogen and oxygen atoms in total. The van der Waals surface area contributed by atoms with E-state index in [2.05, 4.69) is 17.1 Å². The fraction of sp³-hybridized carbons (Fsp3) is 0.348. The molecule has 1 saturated heterocycles. The molecule has 2 heterocycles. The standard InChI is InChI=1S/C23H24FN3O3/c1-2-3-14-29-19-10-6-17(7-11-19)22-25-23(30-26-22)20-12-13-21(28)27(20)15-16-4-8-18(24)9-5-16/h4-11,20H,2-3,12-15H2,1H3. The molecule has 2 aromatic carbocycles. The largest absolute Gasteiger partial charge is 0.494 e. The first kappa shape index (κ1) is 20.1. The van der Waals surface area contributed by atoms with E-state index in [0.717, 1.165) is 29.7 Å². The van der Waals surface area contributed by atoms with Crippen LogP contribution in [0.3, 0.4) is 0 Å². The number of carbonyl (C=O) groups excluding carboxylic acids is 1. The van der Waals surface area contributed by atoms with Crippen LogP contribution in [0.2, 0.25) is 0 Å². The van der Waals surface area contributed by atoms with Gasteiger partial charge in [0, 0.05) is 18.5 Å². The molecule has 0 spiro atoms.